The van der Waals surface area contributed by atoms with E-state index in [2.05, 4.69) is 0 Å². The van der Waals surface area contributed by atoms with Gasteiger partial charge in [-0.05, 0) is 24.8 Å². The minimum atomic E-state index is -1.06. The maximum absolute atomic E-state index is 12.3. The maximum atomic E-state index is 12.3. The van der Waals surface area contributed by atoms with Crippen LogP contribution < -0.4 is 0 Å². The number of hydrogen-bond donors (Lipinski definition) is 2. The van der Waals surface area contributed by atoms with Crippen molar-refractivity contribution in [3.8, 4) is 0 Å². The highest BCUT2D eigenvalue weighted by molar-refractivity contribution is 5.75. The van der Waals surface area contributed by atoms with E-state index < -0.39 is 30.1 Å². The zero-order valence-corrected chi connectivity index (χ0v) is 12.1. The molecule has 0 aromatic heterocycles. The Bertz CT molecular complexity index is 561. The van der Waals surface area contributed by atoms with E-state index in [0.29, 0.717) is 19.3 Å². The van der Waals surface area contributed by atoms with E-state index in [1.807, 2.05) is 30.3 Å². The summed E-state index contributed by atoms with van der Waals surface area (Å²) >= 11 is 0. The number of ether oxygens (including phenoxy) is 1. The van der Waals surface area contributed by atoms with Gasteiger partial charge in [-0.15, -0.1) is 0 Å². The molecule has 2 N–H and O–H groups in total. The topological polar surface area (TPSA) is 87.1 Å². The molecule has 2 bridgehead atoms. The van der Waals surface area contributed by atoms with Crippen molar-refractivity contribution in [3.63, 3.8) is 0 Å². The number of piperidine rings is 1. The number of carbonyl (C=O) groups is 2. The smallest absolute Gasteiger partial charge is 0.410 e. The fraction of sp³-hybridized carbons (Fsp3) is 0.500. The second-order valence-corrected chi connectivity index (χ2v) is 5.91. The molecule has 6 nitrogen and oxygen atoms in total. The summed E-state index contributed by atoms with van der Waals surface area (Å²) in [6.07, 6.45) is 0.224. The molecule has 0 aliphatic carbocycles. The fourth-order valence-electron chi connectivity index (χ4n) is 3.59. The second kappa shape index (κ2) is 5.96. The highest BCUT2D eigenvalue weighted by atomic mass is 16.6. The molecule has 2 fully saturated rings. The average molecular weight is 305 g/mol. The van der Waals surface area contributed by atoms with E-state index in [1.54, 1.807) is 0 Å². The molecule has 2 saturated heterocycles. The van der Waals surface area contributed by atoms with E-state index >= 15 is 0 Å². The Labute approximate surface area is 128 Å². The molecule has 1 aromatic carbocycles. The van der Waals surface area contributed by atoms with E-state index in [0.717, 1.165) is 5.56 Å². The van der Waals surface area contributed by atoms with Crippen molar-refractivity contribution in [3.05, 3.63) is 35.9 Å². The molecule has 2 aliphatic heterocycles. The minimum Gasteiger partial charge on any atom is -0.481 e. The molecule has 2 aliphatic rings. The van der Waals surface area contributed by atoms with Crippen LogP contribution in [-0.4, -0.2) is 45.4 Å². The molecular formula is C16H19NO5. The van der Waals surface area contributed by atoms with Crippen LogP contribution >= 0.6 is 0 Å². The van der Waals surface area contributed by atoms with Gasteiger partial charge in [-0.3, -0.25) is 4.79 Å². The van der Waals surface area contributed by atoms with Crippen molar-refractivity contribution in [2.24, 2.45) is 5.92 Å². The van der Waals surface area contributed by atoms with Crippen LogP contribution in [0.25, 0.3) is 0 Å². The Kier molecular flexibility index (Phi) is 4.02. The van der Waals surface area contributed by atoms with Gasteiger partial charge in [0.05, 0.1) is 12.1 Å². The molecule has 2 heterocycles. The number of hydrogen-bond acceptors (Lipinski definition) is 4. The Balaban J connectivity index is 1.69. The van der Waals surface area contributed by atoms with Crippen LogP contribution in [0.1, 0.15) is 24.8 Å². The van der Waals surface area contributed by atoms with Crippen LogP contribution in [0.2, 0.25) is 0 Å². The van der Waals surface area contributed by atoms with Gasteiger partial charge in [0, 0.05) is 6.04 Å². The summed E-state index contributed by atoms with van der Waals surface area (Å²) in [7, 11) is 0. The van der Waals surface area contributed by atoms with Gasteiger partial charge in [-0.2, -0.15) is 0 Å². The van der Waals surface area contributed by atoms with Crippen molar-refractivity contribution in [1.82, 2.24) is 4.90 Å². The maximum Gasteiger partial charge on any atom is 0.410 e. The van der Waals surface area contributed by atoms with Gasteiger partial charge >= 0.3 is 12.1 Å². The van der Waals surface area contributed by atoms with Crippen molar-refractivity contribution in [2.75, 3.05) is 0 Å². The van der Waals surface area contributed by atoms with E-state index in [9.17, 15) is 19.8 Å². The van der Waals surface area contributed by atoms with E-state index in [4.69, 9.17) is 4.74 Å². The number of aliphatic carboxylic acids is 1. The molecule has 1 amide bonds. The summed E-state index contributed by atoms with van der Waals surface area (Å²) in [5, 5.41) is 19.3. The number of rotatable bonds is 3. The van der Waals surface area contributed by atoms with Gasteiger partial charge in [0.15, 0.2) is 0 Å². The van der Waals surface area contributed by atoms with Crippen molar-refractivity contribution in [1.29, 1.82) is 0 Å². The summed E-state index contributed by atoms with van der Waals surface area (Å²) in [4.78, 5) is 25.2. The molecule has 4 atom stereocenters. The van der Waals surface area contributed by atoms with Crippen LogP contribution in [-0.2, 0) is 16.1 Å². The Morgan fingerprint density at radius 2 is 1.95 bits per heavy atom. The third-order valence-electron chi connectivity index (χ3n) is 4.59. The molecule has 0 saturated carbocycles. The van der Waals surface area contributed by atoms with Crippen LogP contribution in [0.15, 0.2) is 30.3 Å². The minimum absolute atomic E-state index is 0.126. The number of carboxylic acids is 1. The fourth-order valence-corrected chi connectivity index (χ4v) is 3.59. The van der Waals surface area contributed by atoms with Crippen molar-refractivity contribution >= 4 is 12.1 Å². The van der Waals surface area contributed by atoms with Gasteiger partial charge < -0.3 is 19.8 Å². The first-order chi connectivity index (χ1) is 10.6. The number of amides is 1. The normalized spacial score (nSPS) is 30.1. The Hall–Kier alpha value is -2.08. The van der Waals surface area contributed by atoms with Gasteiger partial charge in [-0.1, -0.05) is 30.3 Å². The number of fused-ring (bicyclic) bond motifs is 2. The van der Waals surface area contributed by atoms with E-state index in [1.165, 1.54) is 4.90 Å². The predicted octanol–water partition coefficient (Wildman–Crippen LogP) is 1.62. The average Bonchev–Trinajstić information content (AvgIpc) is 2.80. The van der Waals surface area contributed by atoms with Crippen LogP contribution in [0.5, 0.6) is 0 Å². The quantitative estimate of drug-likeness (QED) is 0.886. The molecule has 0 spiro atoms. The lowest BCUT2D eigenvalue weighted by atomic mass is 9.88. The molecule has 118 valence electrons. The predicted molar refractivity (Wildman–Crippen MR) is 77.0 cm³/mol. The highest BCUT2D eigenvalue weighted by Crippen LogP contribution is 2.40. The number of carboxylic acid groups (broad SMARTS) is 1. The van der Waals surface area contributed by atoms with E-state index in [-0.39, 0.29) is 12.6 Å². The third kappa shape index (κ3) is 2.66. The Morgan fingerprint density at radius 3 is 2.64 bits per heavy atom. The summed E-state index contributed by atoms with van der Waals surface area (Å²) in [6.45, 7) is 0.163. The molecule has 0 radical (unpaired) electrons. The molecule has 22 heavy (non-hydrogen) atoms. The summed E-state index contributed by atoms with van der Waals surface area (Å²) < 4.78 is 5.32. The van der Waals surface area contributed by atoms with Crippen molar-refractivity contribution < 1.29 is 24.5 Å². The summed E-state index contributed by atoms with van der Waals surface area (Å²) in [6, 6.07) is 8.74. The first-order valence-corrected chi connectivity index (χ1v) is 7.48. The molecular weight excluding hydrogens is 286 g/mol. The largest absolute Gasteiger partial charge is 0.481 e. The number of benzene rings is 1. The molecule has 3 rings (SSSR count). The SMILES string of the molecule is O=C(O)[C@@H]1[C@H]2CC[C@@H](C[C@@H]1O)N2C(=O)OCc1ccccc1. The standard InChI is InChI=1S/C16H19NO5/c18-13-8-11-6-7-12(14(13)15(19)20)17(11)16(21)22-9-10-4-2-1-3-5-10/h1-5,11-14,18H,6-9H2,(H,19,20)/t11-,12+,13-,14+/m0/s1. The van der Waals surface area contributed by atoms with Gasteiger partial charge in [0.2, 0.25) is 0 Å². The second-order valence-electron chi connectivity index (χ2n) is 5.91. The zero-order chi connectivity index (χ0) is 15.7. The number of aliphatic hydroxyl groups excluding tert-OH is 1. The van der Waals surface area contributed by atoms with Crippen LogP contribution in [0.4, 0.5) is 4.79 Å². The van der Waals surface area contributed by atoms with Gasteiger partial charge in [0.1, 0.15) is 12.5 Å². The highest BCUT2D eigenvalue weighted by Gasteiger charge is 2.52. The Morgan fingerprint density at radius 1 is 1.23 bits per heavy atom. The number of carbonyl (C=O) groups excluding carboxylic acids is 1. The summed E-state index contributed by atoms with van der Waals surface area (Å²) in [5.74, 6) is -1.98. The first kappa shape index (κ1) is 14.8. The molecule has 0 unspecified atom stereocenters. The van der Waals surface area contributed by atoms with Gasteiger partial charge in [-0.25, -0.2) is 4.79 Å². The number of nitrogens with zero attached hydrogens (tertiary/aromatic N) is 1. The van der Waals surface area contributed by atoms with Crippen LogP contribution in [0.3, 0.4) is 0 Å². The third-order valence-corrected chi connectivity index (χ3v) is 4.59. The lowest BCUT2D eigenvalue weighted by Crippen LogP contribution is -2.55. The summed E-state index contributed by atoms with van der Waals surface area (Å²) in [5.41, 5.74) is 0.884. The first-order valence-electron chi connectivity index (χ1n) is 7.48. The lowest BCUT2D eigenvalue weighted by Gasteiger charge is -2.40. The number of aliphatic hydroxyl groups is 1. The molecule has 1 aromatic rings. The van der Waals surface area contributed by atoms with Crippen LogP contribution in [0, 0.1) is 5.92 Å². The monoisotopic (exact) mass is 305 g/mol. The molecule has 6 heteroatoms. The lowest BCUT2D eigenvalue weighted by molar-refractivity contribution is -0.151. The van der Waals surface area contributed by atoms with Gasteiger partial charge in [0.25, 0.3) is 0 Å². The zero-order valence-electron chi connectivity index (χ0n) is 12.1. The van der Waals surface area contributed by atoms with Crippen molar-refractivity contribution in [2.45, 2.75) is 44.1 Å².